The highest BCUT2D eigenvalue weighted by Gasteiger charge is 2.32. The first-order valence-corrected chi connectivity index (χ1v) is 8.35. The summed E-state index contributed by atoms with van der Waals surface area (Å²) in [6, 6.07) is 6.48. The van der Waals surface area contributed by atoms with Crippen LogP contribution >= 0.6 is 0 Å². The van der Waals surface area contributed by atoms with Gasteiger partial charge in [0.05, 0.1) is 11.1 Å². The number of aromatic nitrogens is 2. The summed E-state index contributed by atoms with van der Waals surface area (Å²) >= 11 is 0. The molecule has 0 radical (unpaired) electrons. The second kappa shape index (κ2) is 8.09. The van der Waals surface area contributed by atoms with Crippen LogP contribution in [0.15, 0.2) is 51.7 Å². The van der Waals surface area contributed by atoms with Crippen molar-refractivity contribution in [1.29, 1.82) is 0 Å². The molecular formula is C18H15F3N4O4. The lowest BCUT2D eigenvalue weighted by molar-refractivity contribution is -0.140. The van der Waals surface area contributed by atoms with Crippen LogP contribution in [0.5, 0.6) is 0 Å². The molecule has 8 nitrogen and oxygen atoms in total. The molecule has 0 aliphatic rings. The minimum absolute atomic E-state index is 0.0553. The van der Waals surface area contributed by atoms with Gasteiger partial charge in [0, 0.05) is 13.1 Å². The molecular weight excluding hydrogens is 393 g/mol. The number of fused-ring (bicyclic) bond motifs is 1. The van der Waals surface area contributed by atoms with E-state index in [-0.39, 0.29) is 35.4 Å². The number of alkyl halides is 3. The first-order valence-electron chi connectivity index (χ1n) is 8.35. The first kappa shape index (κ1) is 20.0. The van der Waals surface area contributed by atoms with Gasteiger partial charge in [-0.25, -0.2) is 4.79 Å². The van der Waals surface area contributed by atoms with E-state index in [1.54, 1.807) is 18.2 Å². The number of nitrogens with one attached hydrogen (secondary N) is 4. The molecule has 3 rings (SSSR count). The molecule has 0 spiro atoms. The van der Waals surface area contributed by atoms with Gasteiger partial charge >= 0.3 is 11.9 Å². The van der Waals surface area contributed by atoms with Crippen LogP contribution in [-0.4, -0.2) is 34.9 Å². The van der Waals surface area contributed by atoms with Crippen molar-refractivity contribution in [3.05, 3.63) is 70.0 Å². The quantitative estimate of drug-likeness (QED) is 0.467. The SMILES string of the molecule is O=C(NC/C=C\CNC(=O)c1cccc2oc(=O)[nH]c12)c1ccc(C(F)(F)F)[nH]1. The highest BCUT2D eigenvalue weighted by atomic mass is 19.4. The Morgan fingerprint density at radius 1 is 1.00 bits per heavy atom. The summed E-state index contributed by atoms with van der Waals surface area (Å²) in [5, 5.41) is 5.03. The molecule has 0 atom stereocenters. The van der Waals surface area contributed by atoms with E-state index < -0.39 is 29.4 Å². The predicted octanol–water partition coefficient (Wildman–Crippen LogP) is 2.18. The Kier molecular flexibility index (Phi) is 5.57. The fraction of sp³-hybridized carbons (Fsp3) is 0.167. The Morgan fingerprint density at radius 2 is 1.69 bits per heavy atom. The highest BCUT2D eigenvalue weighted by Crippen LogP contribution is 2.28. The van der Waals surface area contributed by atoms with Gasteiger partial charge in [-0.2, -0.15) is 13.2 Å². The van der Waals surface area contributed by atoms with Gasteiger partial charge in [-0.1, -0.05) is 18.2 Å². The number of carbonyl (C=O) groups excluding carboxylic acids is 2. The zero-order chi connectivity index (χ0) is 21.0. The standard InChI is InChI=1S/C18H15F3N4O4/c19-18(20,21)13-7-6-11(24-13)16(27)23-9-2-1-8-22-15(26)10-4-3-5-12-14(10)25-17(28)29-12/h1-7,24H,8-9H2,(H,22,26)(H,23,27)(H,25,28)/b2-1-. The van der Waals surface area contributed by atoms with Gasteiger partial charge in [0.25, 0.3) is 11.8 Å². The Labute approximate surface area is 160 Å². The lowest BCUT2D eigenvalue weighted by atomic mass is 10.2. The molecule has 2 aromatic heterocycles. The van der Waals surface area contributed by atoms with Gasteiger partial charge in [-0.15, -0.1) is 0 Å². The second-order valence-electron chi connectivity index (χ2n) is 5.87. The molecule has 29 heavy (non-hydrogen) atoms. The largest absolute Gasteiger partial charge is 0.431 e. The number of para-hydroxylation sites is 1. The first-order chi connectivity index (χ1) is 13.8. The molecule has 0 aliphatic carbocycles. The zero-order valence-electron chi connectivity index (χ0n) is 14.7. The molecule has 4 N–H and O–H groups in total. The maximum atomic E-state index is 12.5. The minimum atomic E-state index is -4.55. The number of amides is 2. The third-order valence-corrected chi connectivity index (χ3v) is 3.86. The van der Waals surface area contributed by atoms with Crippen LogP contribution in [-0.2, 0) is 6.18 Å². The van der Waals surface area contributed by atoms with Gasteiger partial charge < -0.3 is 20.0 Å². The van der Waals surface area contributed by atoms with Gasteiger partial charge in [0.15, 0.2) is 5.58 Å². The van der Waals surface area contributed by atoms with E-state index in [0.29, 0.717) is 0 Å². The summed E-state index contributed by atoms with van der Waals surface area (Å²) < 4.78 is 42.4. The van der Waals surface area contributed by atoms with Crippen molar-refractivity contribution in [3.8, 4) is 0 Å². The van der Waals surface area contributed by atoms with E-state index in [9.17, 15) is 27.6 Å². The summed E-state index contributed by atoms with van der Waals surface area (Å²) in [5.74, 6) is -1.79. The predicted molar refractivity (Wildman–Crippen MR) is 96.4 cm³/mol. The normalized spacial score (nSPS) is 11.8. The van der Waals surface area contributed by atoms with Gasteiger partial charge in [0.2, 0.25) is 0 Å². The monoisotopic (exact) mass is 408 g/mol. The maximum absolute atomic E-state index is 12.5. The van der Waals surface area contributed by atoms with Crippen molar-refractivity contribution < 1.29 is 27.2 Å². The van der Waals surface area contributed by atoms with E-state index in [4.69, 9.17) is 4.42 Å². The number of hydrogen-bond acceptors (Lipinski definition) is 4. The van der Waals surface area contributed by atoms with Crippen LogP contribution in [0.1, 0.15) is 26.5 Å². The fourth-order valence-electron chi connectivity index (χ4n) is 2.52. The van der Waals surface area contributed by atoms with Crippen LogP contribution in [0.2, 0.25) is 0 Å². The number of carbonyl (C=O) groups is 2. The van der Waals surface area contributed by atoms with Crippen molar-refractivity contribution in [2.75, 3.05) is 13.1 Å². The second-order valence-corrected chi connectivity index (χ2v) is 5.87. The van der Waals surface area contributed by atoms with Crippen LogP contribution in [0, 0.1) is 0 Å². The number of rotatable bonds is 6. The van der Waals surface area contributed by atoms with Crippen molar-refractivity contribution in [2.45, 2.75) is 6.18 Å². The summed E-state index contributed by atoms with van der Waals surface area (Å²) in [7, 11) is 0. The van der Waals surface area contributed by atoms with Crippen LogP contribution in [0.25, 0.3) is 11.1 Å². The van der Waals surface area contributed by atoms with Crippen molar-refractivity contribution >= 4 is 22.9 Å². The number of H-pyrrole nitrogens is 2. The number of oxazole rings is 1. The van der Waals surface area contributed by atoms with Gasteiger partial charge in [-0.05, 0) is 24.3 Å². The molecule has 2 amide bonds. The molecule has 0 fully saturated rings. The highest BCUT2D eigenvalue weighted by molar-refractivity contribution is 6.04. The van der Waals surface area contributed by atoms with Gasteiger partial charge in [0.1, 0.15) is 11.4 Å². The molecule has 3 aromatic rings. The third kappa shape index (κ3) is 4.75. The molecule has 152 valence electrons. The molecule has 0 saturated heterocycles. The Morgan fingerprint density at radius 3 is 2.34 bits per heavy atom. The molecule has 0 saturated carbocycles. The smallest absolute Gasteiger partial charge is 0.408 e. The fourth-order valence-corrected chi connectivity index (χ4v) is 2.52. The lowest BCUT2D eigenvalue weighted by Crippen LogP contribution is -2.25. The van der Waals surface area contributed by atoms with Crippen molar-refractivity contribution in [3.63, 3.8) is 0 Å². The van der Waals surface area contributed by atoms with E-state index in [1.807, 2.05) is 4.98 Å². The molecule has 0 aliphatic heterocycles. The third-order valence-electron chi connectivity index (χ3n) is 3.86. The molecule has 1 aromatic carbocycles. The topological polar surface area (TPSA) is 120 Å². The Balaban J connectivity index is 1.47. The summed E-state index contributed by atoms with van der Waals surface area (Å²) in [4.78, 5) is 39.7. The molecule has 0 bridgehead atoms. The van der Waals surface area contributed by atoms with E-state index in [0.717, 1.165) is 12.1 Å². The molecule has 0 unspecified atom stereocenters. The molecule has 11 heteroatoms. The average Bonchev–Trinajstić information content (AvgIpc) is 3.29. The molecule has 2 heterocycles. The van der Waals surface area contributed by atoms with E-state index >= 15 is 0 Å². The maximum Gasteiger partial charge on any atom is 0.431 e. The summed E-state index contributed by atoms with van der Waals surface area (Å²) in [6.07, 6.45) is -1.46. The van der Waals surface area contributed by atoms with Crippen molar-refractivity contribution in [2.24, 2.45) is 0 Å². The number of hydrogen-bond donors (Lipinski definition) is 4. The number of benzene rings is 1. The van der Waals surface area contributed by atoms with E-state index in [2.05, 4.69) is 15.6 Å². The Hall–Kier alpha value is -3.76. The lowest BCUT2D eigenvalue weighted by Gasteiger charge is -2.04. The number of halogens is 3. The summed E-state index contributed by atoms with van der Waals surface area (Å²) in [6.45, 7) is 0.188. The zero-order valence-corrected chi connectivity index (χ0v) is 14.7. The van der Waals surface area contributed by atoms with E-state index in [1.165, 1.54) is 12.1 Å². The van der Waals surface area contributed by atoms with Crippen LogP contribution in [0.4, 0.5) is 13.2 Å². The average molecular weight is 408 g/mol. The minimum Gasteiger partial charge on any atom is -0.408 e. The van der Waals surface area contributed by atoms with Gasteiger partial charge in [-0.3, -0.25) is 14.6 Å². The van der Waals surface area contributed by atoms with Crippen LogP contribution in [0.3, 0.4) is 0 Å². The van der Waals surface area contributed by atoms with Crippen LogP contribution < -0.4 is 16.4 Å². The summed E-state index contributed by atoms with van der Waals surface area (Å²) in [5.41, 5.74) is -0.423. The number of aromatic amines is 2. The Bertz CT molecular complexity index is 1120. The van der Waals surface area contributed by atoms with Crippen molar-refractivity contribution in [1.82, 2.24) is 20.6 Å².